The molecule has 0 radical (unpaired) electrons. The number of ether oxygens (including phenoxy) is 1. The summed E-state index contributed by atoms with van der Waals surface area (Å²) in [5.74, 6) is 0.549. The molecule has 0 aliphatic rings. The van der Waals surface area contributed by atoms with Gasteiger partial charge in [0.05, 0.1) is 5.56 Å². The van der Waals surface area contributed by atoms with E-state index < -0.39 is 5.97 Å². The first-order valence-corrected chi connectivity index (χ1v) is 5.72. The van der Waals surface area contributed by atoms with Gasteiger partial charge in [-0.1, -0.05) is 0 Å². The molecule has 0 saturated heterocycles. The highest BCUT2D eigenvalue weighted by molar-refractivity contribution is 5.91. The third-order valence-electron chi connectivity index (χ3n) is 2.57. The van der Waals surface area contributed by atoms with E-state index >= 15 is 0 Å². The summed E-state index contributed by atoms with van der Waals surface area (Å²) in [6.45, 7) is 1.77. The fourth-order valence-corrected chi connectivity index (χ4v) is 1.74. The van der Waals surface area contributed by atoms with Gasteiger partial charge in [-0.3, -0.25) is 4.98 Å². The predicted octanol–water partition coefficient (Wildman–Crippen LogP) is 2.75. The van der Waals surface area contributed by atoms with Crippen LogP contribution in [0.2, 0.25) is 0 Å². The first-order valence-electron chi connectivity index (χ1n) is 5.72. The zero-order valence-electron chi connectivity index (χ0n) is 10.2. The maximum atomic E-state index is 11.8. The monoisotopic (exact) mass is 254 g/mol. The SMILES string of the molecule is Cc1nc2cc(OC(=O)c3cccnc3)ccc2o1. The minimum absolute atomic E-state index is 0.402. The Bertz CT molecular complexity index is 735. The lowest BCUT2D eigenvalue weighted by Crippen LogP contribution is -2.08. The molecule has 94 valence electrons. The fraction of sp³-hybridized carbons (Fsp3) is 0.0714. The van der Waals surface area contributed by atoms with Crippen molar-refractivity contribution >= 4 is 17.1 Å². The Morgan fingerprint density at radius 1 is 1.32 bits per heavy atom. The van der Waals surface area contributed by atoms with Crippen LogP contribution in [0, 0.1) is 6.92 Å². The molecule has 0 spiro atoms. The normalized spacial score (nSPS) is 10.6. The highest BCUT2D eigenvalue weighted by Crippen LogP contribution is 2.21. The topological polar surface area (TPSA) is 65.2 Å². The Balaban J connectivity index is 1.87. The molecule has 0 unspecified atom stereocenters. The van der Waals surface area contributed by atoms with Crippen LogP contribution in [0.1, 0.15) is 16.2 Å². The summed E-state index contributed by atoms with van der Waals surface area (Å²) < 4.78 is 10.6. The molecule has 0 aliphatic carbocycles. The summed E-state index contributed by atoms with van der Waals surface area (Å²) in [6, 6.07) is 8.39. The number of nitrogens with zero attached hydrogens (tertiary/aromatic N) is 2. The highest BCUT2D eigenvalue weighted by atomic mass is 16.5. The molecule has 2 heterocycles. The number of fused-ring (bicyclic) bond motifs is 1. The number of pyridine rings is 1. The van der Waals surface area contributed by atoms with E-state index in [9.17, 15) is 4.79 Å². The van der Waals surface area contributed by atoms with Crippen LogP contribution in [0.5, 0.6) is 5.75 Å². The van der Waals surface area contributed by atoms with Crippen molar-refractivity contribution in [2.75, 3.05) is 0 Å². The van der Waals surface area contributed by atoms with Crippen molar-refractivity contribution in [2.45, 2.75) is 6.92 Å². The maximum absolute atomic E-state index is 11.8. The van der Waals surface area contributed by atoms with Crippen LogP contribution in [0.15, 0.2) is 47.1 Å². The van der Waals surface area contributed by atoms with E-state index in [-0.39, 0.29) is 0 Å². The van der Waals surface area contributed by atoms with Crippen LogP contribution >= 0.6 is 0 Å². The number of hydrogen-bond donors (Lipinski definition) is 0. The number of carbonyl (C=O) groups is 1. The molecule has 0 N–H and O–H groups in total. The van der Waals surface area contributed by atoms with E-state index in [0.717, 1.165) is 0 Å². The third-order valence-corrected chi connectivity index (χ3v) is 2.57. The van der Waals surface area contributed by atoms with Crippen molar-refractivity contribution in [3.05, 3.63) is 54.2 Å². The molecule has 19 heavy (non-hydrogen) atoms. The fourth-order valence-electron chi connectivity index (χ4n) is 1.74. The van der Waals surface area contributed by atoms with Crippen molar-refractivity contribution in [3.63, 3.8) is 0 Å². The second-order valence-electron chi connectivity index (χ2n) is 3.99. The molecule has 5 heteroatoms. The zero-order chi connectivity index (χ0) is 13.2. The van der Waals surface area contributed by atoms with E-state index in [2.05, 4.69) is 9.97 Å². The van der Waals surface area contributed by atoms with Gasteiger partial charge in [0.15, 0.2) is 11.5 Å². The number of aryl methyl sites for hydroxylation is 1. The molecule has 0 atom stereocenters. The van der Waals surface area contributed by atoms with E-state index in [1.54, 1.807) is 43.5 Å². The van der Waals surface area contributed by atoms with Gasteiger partial charge >= 0.3 is 5.97 Å². The predicted molar refractivity (Wildman–Crippen MR) is 67.9 cm³/mol. The standard InChI is InChI=1S/C14H10N2O3/c1-9-16-12-7-11(4-5-13(12)18-9)19-14(17)10-3-2-6-15-8-10/h2-8H,1H3. The van der Waals surface area contributed by atoms with Gasteiger partial charge in [-0.15, -0.1) is 0 Å². The number of rotatable bonds is 2. The number of oxazole rings is 1. The minimum Gasteiger partial charge on any atom is -0.441 e. The lowest BCUT2D eigenvalue weighted by atomic mass is 10.3. The molecular formula is C14H10N2O3. The lowest BCUT2D eigenvalue weighted by molar-refractivity contribution is 0.0734. The number of aromatic nitrogens is 2. The Labute approximate surface area is 108 Å². The van der Waals surface area contributed by atoms with E-state index in [0.29, 0.717) is 28.3 Å². The van der Waals surface area contributed by atoms with Gasteiger partial charge in [0.1, 0.15) is 11.3 Å². The van der Waals surface area contributed by atoms with Gasteiger partial charge in [0.25, 0.3) is 0 Å². The number of benzene rings is 1. The van der Waals surface area contributed by atoms with Crippen molar-refractivity contribution in [1.29, 1.82) is 0 Å². The summed E-state index contributed by atoms with van der Waals surface area (Å²) >= 11 is 0. The molecule has 3 rings (SSSR count). The molecular weight excluding hydrogens is 244 g/mol. The largest absolute Gasteiger partial charge is 0.441 e. The van der Waals surface area contributed by atoms with Gasteiger partial charge in [0, 0.05) is 25.4 Å². The summed E-state index contributed by atoms with van der Waals surface area (Å²) in [6.07, 6.45) is 3.06. The first kappa shape index (κ1) is 11.4. The van der Waals surface area contributed by atoms with Crippen LogP contribution in [-0.4, -0.2) is 15.9 Å². The van der Waals surface area contributed by atoms with Crippen molar-refractivity contribution < 1.29 is 13.9 Å². The second-order valence-corrected chi connectivity index (χ2v) is 3.99. The number of carbonyl (C=O) groups excluding carboxylic acids is 1. The highest BCUT2D eigenvalue weighted by Gasteiger charge is 2.10. The molecule has 0 saturated carbocycles. The van der Waals surface area contributed by atoms with E-state index in [4.69, 9.17) is 9.15 Å². The second kappa shape index (κ2) is 4.53. The zero-order valence-corrected chi connectivity index (χ0v) is 10.2. The molecule has 0 aliphatic heterocycles. The first-order chi connectivity index (χ1) is 9.22. The molecule has 5 nitrogen and oxygen atoms in total. The van der Waals surface area contributed by atoms with Gasteiger partial charge in [-0.2, -0.15) is 0 Å². The molecule has 1 aromatic carbocycles. The number of hydrogen-bond acceptors (Lipinski definition) is 5. The van der Waals surface area contributed by atoms with Crippen LogP contribution in [0.3, 0.4) is 0 Å². The van der Waals surface area contributed by atoms with Crippen LogP contribution in [-0.2, 0) is 0 Å². The molecule has 0 fully saturated rings. The third kappa shape index (κ3) is 2.30. The van der Waals surface area contributed by atoms with Crippen LogP contribution in [0.4, 0.5) is 0 Å². The average Bonchev–Trinajstić information content (AvgIpc) is 2.79. The molecule has 0 amide bonds. The van der Waals surface area contributed by atoms with Crippen molar-refractivity contribution in [1.82, 2.24) is 9.97 Å². The summed E-state index contributed by atoms with van der Waals surface area (Å²) in [5.41, 5.74) is 1.73. The quantitative estimate of drug-likeness (QED) is 0.519. The number of esters is 1. The Kier molecular flexibility index (Phi) is 2.72. The molecule has 2 aromatic heterocycles. The maximum Gasteiger partial charge on any atom is 0.345 e. The smallest absolute Gasteiger partial charge is 0.345 e. The van der Waals surface area contributed by atoms with Crippen molar-refractivity contribution in [3.8, 4) is 5.75 Å². The van der Waals surface area contributed by atoms with Crippen LogP contribution in [0.25, 0.3) is 11.1 Å². The molecule has 3 aromatic rings. The summed E-state index contributed by atoms with van der Waals surface area (Å²) in [4.78, 5) is 19.9. The Morgan fingerprint density at radius 3 is 3.00 bits per heavy atom. The van der Waals surface area contributed by atoms with Gasteiger partial charge in [-0.25, -0.2) is 9.78 Å². The van der Waals surface area contributed by atoms with Gasteiger partial charge in [-0.05, 0) is 24.3 Å². The van der Waals surface area contributed by atoms with Crippen LogP contribution < -0.4 is 4.74 Å². The van der Waals surface area contributed by atoms with Crippen molar-refractivity contribution in [2.24, 2.45) is 0 Å². The van der Waals surface area contributed by atoms with Gasteiger partial charge in [0.2, 0.25) is 0 Å². The molecule has 0 bridgehead atoms. The lowest BCUT2D eigenvalue weighted by Gasteiger charge is -2.03. The summed E-state index contributed by atoms with van der Waals surface area (Å²) in [7, 11) is 0. The Hall–Kier alpha value is -2.69. The van der Waals surface area contributed by atoms with E-state index in [1.807, 2.05) is 0 Å². The Morgan fingerprint density at radius 2 is 2.21 bits per heavy atom. The summed E-state index contributed by atoms with van der Waals surface area (Å²) in [5, 5.41) is 0. The minimum atomic E-state index is -0.451. The van der Waals surface area contributed by atoms with Gasteiger partial charge < -0.3 is 9.15 Å². The average molecular weight is 254 g/mol. The van der Waals surface area contributed by atoms with E-state index in [1.165, 1.54) is 6.20 Å².